The standard InChI is InChI=1S/C49H41N2/c1-5-21-38-34(13-1)17-9-25-42(38)46-29-30-47(43-26-10-18-35-14-2-6-22-39(35)43)50(46)33-51-48(44-27-11-19-36-15-3-7-23-40(36)44)31-32-49(51)45-28-12-20-37-16-4-8-24-41(37)45/h1-28,33,46-49H,29-32H2/q+1/t46-,47-,48-,49?/m1/s1. The van der Waals surface area contributed by atoms with Gasteiger partial charge < -0.3 is 0 Å². The van der Waals surface area contributed by atoms with Crippen molar-refractivity contribution in [1.29, 1.82) is 0 Å². The molecule has 2 heteroatoms. The van der Waals surface area contributed by atoms with Crippen LogP contribution in [0.4, 0.5) is 0 Å². The van der Waals surface area contributed by atoms with E-state index in [1.165, 1.54) is 65.3 Å². The number of hydrogen-bond donors (Lipinski definition) is 0. The molecular formula is C49H41N2+. The van der Waals surface area contributed by atoms with Gasteiger partial charge in [-0.3, -0.25) is 9.48 Å². The van der Waals surface area contributed by atoms with Gasteiger partial charge in [-0.15, -0.1) is 0 Å². The third-order valence-corrected chi connectivity index (χ3v) is 11.9. The zero-order valence-corrected chi connectivity index (χ0v) is 28.8. The molecular weight excluding hydrogens is 617 g/mol. The quantitative estimate of drug-likeness (QED) is 0.132. The third kappa shape index (κ3) is 5.12. The molecule has 0 aliphatic carbocycles. The van der Waals surface area contributed by atoms with Gasteiger partial charge in [-0.05, 0) is 68.8 Å². The van der Waals surface area contributed by atoms with Gasteiger partial charge in [0.15, 0.2) is 0 Å². The van der Waals surface area contributed by atoms with Gasteiger partial charge in [0.2, 0.25) is 6.34 Å². The zero-order chi connectivity index (χ0) is 33.7. The Morgan fingerprint density at radius 3 is 1.06 bits per heavy atom. The lowest BCUT2D eigenvalue weighted by Gasteiger charge is -2.28. The minimum absolute atomic E-state index is 0.252. The van der Waals surface area contributed by atoms with Crippen molar-refractivity contribution in [3.05, 3.63) is 192 Å². The first-order valence-corrected chi connectivity index (χ1v) is 18.6. The van der Waals surface area contributed by atoms with Gasteiger partial charge in [0, 0.05) is 22.3 Å². The molecule has 2 aliphatic rings. The van der Waals surface area contributed by atoms with Gasteiger partial charge in [-0.1, -0.05) is 170 Å². The van der Waals surface area contributed by atoms with Crippen LogP contribution in [-0.2, 0) is 0 Å². The van der Waals surface area contributed by atoms with Gasteiger partial charge in [-0.25, -0.2) is 0 Å². The predicted octanol–water partition coefficient (Wildman–Crippen LogP) is 12.5. The molecule has 0 bridgehead atoms. The van der Waals surface area contributed by atoms with E-state index in [1.54, 1.807) is 0 Å². The molecule has 2 nitrogen and oxygen atoms in total. The molecule has 0 spiro atoms. The van der Waals surface area contributed by atoms with Crippen LogP contribution in [0.2, 0.25) is 0 Å². The summed E-state index contributed by atoms with van der Waals surface area (Å²) in [4.78, 5) is 2.77. The smallest absolute Gasteiger partial charge is 0.236 e. The van der Waals surface area contributed by atoms with Crippen molar-refractivity contribution >= 4 is 49.4 Å². The first-order chi connectivity index (χ1) is 25.3. The summed E-state index contributed by atoms with van der Waals surface area (Å²) in [5, 5.41) is 10.7. The molecule has 0 aromatic heterocycles. The predicted molar refractivity (Wildman–Crippen MR) is 213 cm³/mol. The normalized spacial score (nSPS) is 21.4. The molecule has 0 amide bonds. The molecule has 246 valence electrons. The Morgan fingerprint density at radius 1 is 0.353 bits per heavy atom. The fraction of sp³-hybridized carbons (Fsp3) is 0.163. The van der Waals surface area contributed by atoms with Gasteiger partial charge in [-0.2, -0.15) is 0 Å². The Kier molecular flexibility index (Phi) is 7.41. The maximum absolute atomic E-state index is 2.77. The van der Waals surface area contributed by atoms with Gasteiger partial charge in [0.25, 0.3) is 0 Å². The van der Waals surface area contributed by atoms with E-state index in [1.807, 2.05) is 0 Å². The summed E-state index contributed by atoms with van der Waals surface area (Å²) >= 11 is 0. The van der Waals surface area contributed by atoms with Crippen LogP contribution >= 0.6 is 0 Å². The SMILES string of the molecule is C(N1[C@@H](c2cccc3ccccc23)CC[C@@H]1c1cccc2ccccc12)=[N+]1C(c2cccc3ccccc23)CC[C@@H]1c1cccc2ccccc12. The van der Waals surface area contributed by atoms with E-state index in [-0.39, 0.29) is 24.2 Å². The molecule has 8 aromatic carbocycles. The van der Waals surface area contributed by atoms with Crippen LogP contribution in [0.5, 0.6) is 0 Å². The van der Waals surface area contributed by atoms with Crippen molar-refractivity contribution in [3.63, 3.8) is 0 Å². The van der Waals surface area contributed by atoms with E-state index < -0.39 is 0 Å². The lowest BCUT2D eigenvalue weighted by Crippen LogP contribution is -2.32. The Hall–Kier alpha value is -5.73. The second-order valence-corrected chi connectivity index (χ2v) is 14.5. The second kappa shape index (κ2) is 12.5. The largest absolute Gasteiger partial charge is 0.254 e. The molecule has 0 saturated carbocycles. The van der Waals surface area contributed by atoms with Crippen molar-refractivity contribution in [1.82, 2.24) is 4.90 Å². The van der Waals surface area contributed by atoms with E-state index in [9.17, 15) is 0 Å². The Morgan fingerprint density at radius 2 is 0.667 bits per heavy atom. The lowest BCUT2D eigenvalue weighted by molar-refractivity contribution is -0.590. The number of benzene rings is 8. The molecule has 4 atom stereocenters. The summed E-state index contributed by atoms with van der Waals surface area (Å²) < 4.78 is 2.77. The average Bonchev–Trinajstić information content (AvgIpc) is 3.81. The highest BCUT2D eigenvalue weighted by atomic mass is 15.3. The fourth-order valence-electron chi connectivity index (χ4n) is 9.57. The van der Waals surface area contributed by atoms with Crippen LogP contribution in [0, 0.1) is 0 Å². The van der Waals surface area contributed by atoms with Gasteiger partial charge in [0.1, 0.15) is 24.2 Å². The molecule has 2 aliphatic heterocycles. The summed E-state index contributed by atoms with van der Waals surface area (Å²) in [5.41, 5.74) is 5.70. The monoisotopic (exact) mass is 657 g/mol. The van der Waals surface area contributed by atoms with Crippen molar-refractivity contribution < 1.29 is 4.58 Å². The number of nitrogens with zero attached hydrogens (tertiary/aromatic N) is 2. The van der Waals surface area contributed by atoms with Crippen LogP contribution < -0.4 is 0 Å². The van der Waals surface area contributed by atoms with Crippen LogP contribution in [0.25, 0.3) is 43.1 Å². The first-order valence-electron chi connectivity index (χ1n) is 18.6. The third-order valence-electron chi connectivity index (χ3n) is 11.9. The summed E-state index contributed by atoms with van der Waals surface area (Å²) in [5.74, 6) is 0. The second-order valence-electron chi connectivity index (χ2n) is 14.5. The van der Waals surface area contributed by atoms with Crippen LogP contribution in [0.1, 0.15) is 72.1 Å². The highest BCUT2D eigenvalue weighted by Gasteiger charge is 2.44. The first kappa shape index (κ1) is 30.1. The van der Waals surface area contributed by atoms with E-state index in [4.69, 9.17) is 0 Å². The number of hydrogen-bond acceptors (Lipinski definition) is 0. The Balaban J connectivity index is 1.21. The number of rotatable bonds is 5. The van der Waals surface area contributed by atoms with Crippen molar-refractivity contribution in [2.75, 3.05) is 0 Å². The van der Waals surface area contributed by atoms with Crippen molar-refractivity contribution in [2.24, 2.45) is 0 Å². The van der Waals surface area contributed by atoms with E-state index in [0.717, 1.165) is 25.7 Å². The summed E-state index contributed by atoms with van der Waals surface area (Å²) in [6.07, 6.45) is 7.00. The minimum atomic E-state index is 0.252. The van der Waals surface area contributed by atoms with Crippen molar-refractivity contribution in [2.45, 2.75) is 49.9 Å². The maximum atomic E-state index is 2.77. The molecule has 8 aromatic rings. The minimum Gasteiger partial charge on any atom is -0.254 e. The van der Waals surface area contributed by atoms with E-state index >= 15 is 0 Å². The number of fused-ring (bicyclic) bond motifs is 4. The van der Waals surface area contributed by atoms with Crippen LogP contribution in [0.15, 0.2) is 170 Å². The summed E-state index contributed by atoms with van der Waals surface area (Å²) in [7, 11) is 0. The summed E-state index contributed by atoms with van der Waals surface area (Å²) in [6.45, 7) is 0. The van der Waals surface area contributed by atoms with Gasteiger partial charge >= 0.3 is 0 Å². The molecule has 10 rings (SSSR count). The lowest BCUT2D eigenvalue weighted by atomic mass is 9.97. The van der Waals surface area contributed by atoms with E-state index in [2.05, 4.69) is 186 Å². The molecule has 0 radical (unpaired) electrons. The highest BCUT2D eigenvalue weighted by molar-refractivity contribution is 5.89. The molecule has 2 fully saturated rings. The zero-order valence-electron chi connectivity index (χ0n) is 28.8. The summed E-state index contributed by atoms with van der Waals surface area (Å²) in [6, 6.07) is 64.4. The topological polar surface area (TPSA) is 6.25 Å². The van der Waals surface area contributed by atoms with Crippen LogP contribution in [-0.4, -0.2) is 15.8 Å². The fourth-order valence-corrected chi connectivity index (χ4v) is 9.57. The number of likely N-dealkylation sites (tertiary alicyclic amines) is 1. The Labute approximate surface area is 299 Å². The molecule has 1 unspecified atom stereocenters. The highest BCUT2D eigenvalue weighted by Crippen LogP contribution is 2.49. The molecule has 0 N–H and O–H groups in total. The van der Waals surface area contributed by atoms with Crippen LogP contribution in [0.3, 0.4) is 0 Å². The Bertz CT molecular complexity index is 2400. The molecule has 2 saturated heterocycles. The maximum Gasteiger partial charge on any atom is 0.236 e. The van der Waals surface area contributed by atoms with Gasteiger partial charge in [0.05, 0.1) is 0 Å². The molecule has 51 heavy (non-hydrogen) atoms. The van der Waals surface area contributed by atoms with E-state index in [0.29, 0.717) is 0 Å². The average molecular weight is 658 g/mol. The molecule has 2 heterocycles. The van der Waals surface area contributed by atoms with Crippen molar-refractivity contribution in [3.8, 4) is 0 Å².